The Bertz CT molecular complexity index is 1460. The van der Waals surface area contributed by atoms with Gasteiger partial charge in [-0.25, -0.2) is 9.97 Å². The summed E-state index contributed by atoms with van der Waals surface area (Å²) >= 11 is 0. The molecule has 34 heavy (non-hydrogen) atoms. The molecule has 1 aromatic carbocycles. The minimum absolute atomic E-state index is 0.701. The fourth-order valence-corrected chi connectivity index (χ4v) is 4.52. The van der Waals surface area contributed by atoms with E-state index in [4.69, 9.17) is 4.98 Å². The Morgan fingerprint density at radius 3 is 2.76 bits per heavy atom. The number of rotatable bonds is 6. The molecule has 4 heterocycles. The first-order chi connectivity index (χ1) is 16.6. The summed E-state index contributed by atoms with van der Waals surface area (Å²) in [6.45, 7) is 3.99. The number of imidazole rings is 1. The lowest BCUT2D eigenvalue weighted by Crippen LogP contribution is -2.14. The molecule has 0 saturated heterocycles. The van der Waals surface area contributed by atoms with Gasteiger partial charge in [0.1, 0.15) is 12.1 Å². The molecule has 0 amide bonds. The highest BCUT2D eigenvalue weighted by atomic mass is 15.2. The summed E-state index contributed by atoms with van der Waals surface area (Å²) in [5.41, 5.74) is 7.91. The third-order valence-corrected chi connectivity index (χ3v) is 6.58. The first kappa shape index (κ1) is 20.5. The molecule has 8 nitrogen and oxygen atoms in total. The first-order valence-electron chi connectivity index (χ1n) is 11.7. The first-order valence-corrected chi connectivity index (χ1v) is 11.7. The van der Waals surface area contributed by atoms with Gasteiger partial charge in [0.25, 0.3) is 0 Å². The maximum Gasteiger partial charge on any atom is 0.153 e. The van der Waals surface area contributed by atoms with Crippen LogP contribution in [0, 0.1) is 19.8 Å². The quantitative estimate of drug-likeness (QED) is 0.364. The second kappa shape index (κ2) is 8.37. The van der Waals surface area contributed by atoms with E-state index in [0.717, 1.165) is 63.2 Å². The second-order valence-electron chi connectivity index (χ2n) is 9.06. The van der Waals surface area contributed by atoms with Gasteiger partial charge in [0.15, 0.2) is 5.82 Å². The zero-order valence-corrected chi connectivity index (χ0v) is 19.3. The number of aromatic amines is 1. The van der Waals surface area contributed by atoms with Gasteiger partial charge in [-0.15, -0.1) is 5.10 Å². The van der Waals surface area contributed by atoms with Crippen LogP contribution in [-0.4, -0.2) is 34.9 Å². The van der Waals surface area contributed by atoms with Crippen LogP contribution in [0.15, 0.2) is 54.9 Å². The molecular formula is C26H26N8. The van der Waals surface area contributed by atoms with Gasteiger partial charge in [0.05, 0.1) is 28.1 Å². The van der Waals surface area contributed by atoms with Crippen molar-refractivity contribution in [1.82, 2.24) is 34.9 Å². The van der Waals surface area contributed by atoms with Crippen LogP contribution in [0.2, 0.25) is 0 Å². The third-order valence-electron chi connectivity index (χ3n) is 6.58. The summed E-state index contributed by atoms with van der Waals surface area (Å²) in [5.74, 6) is 2.28. The molecule has 0 bridgehead atoms. The van der Waals surface area contributed by atoms with Crippen molar-refractivity contribution in [2.24, 2.45) is 5.92 Å². The summed E-state index contributed by atoms with van der Waals surface area (Å²) in [5, 5.41) is 19.3. The molecule has 1 saturated carbocycles. The fourth-order valence-electron chi connectivity index (χ4n) is 4.52. The van der Waals surface area contributed by atoms with E-state index in [0.29, 0.717) is 5.82 Å². The Hall–Kier alpha value is -4.07. The maximum absolute atomic E-state index is 5.01. The zero-order chi connectivity index (χ0) is 23.1. The molecule has 1 fully saturated rings. The van der Waals surface area contributed by atoms with Gasteiger partial charge in [-0.3, -0.25) is 9.67 Å². The van der Waals surface area contributed by atoms with Crippen molar-refractivity contribution in [2.75, 3.05) is 5.32 Å². The van der Waals surface area contributed by atoms with E-state index in [9.17, 15) is 0 Å². The van der Waals surface area contributed by atoms with Gasteiger partial charge < -0.3 is 5.32 Å². The zero-order valence-electron chi connectivity index (χ0n) is 19.3. The number of H-pyrrole nitrogens is 1. The average Bonchev–Trinajstić information content (AvgIpc) is 3.41. The van der Waals surface area contributed by atoms with Crippen LogP contribution in [0.5, 0.6) is 0 Å². The molecule has 1 aliphatic carbocycles. The van der Waals surface area contributed by atoms with Crippen molar-refractivity contribution in [3.63, 3.8) is 0 Å². The molecule has 0 spiro atoms. The number of nitrogens with one attached hydrogen (secondary N) is 2. The third kappa shape index (κ3) is 3.81. The van der Waals surface area contributed by atoms with Crippen LogP contribution < -0.4 is 5.32 Å². The van der Waals surface area contributed by atoms with Crippen molar-refractivity contribution in [2.45, 2.75) is 39.5 Å². The van der Waals surface area contributed by atoms with Crippen LogP contribution in [0.25, 0.3) is 28.1 Å². The number of benzene rings is 1. The highest BCUT2D eigenvalue weighted by Crippen LogP contribution is 2.34. The molecule has 0 atom stereocenters. The van der Waals surface area contributed by atoms with Crippen LogP contribution >= 0.6 is 0 Å². The topological polar surface area (TPSA) is 97.2 Å². The summed E-state index contributed by atoms with van der Waals surface area (Å²) in [7, 11) is 0. The van der Waals surface area contributed by atoms with E-state index in [2.05, 4.69) is 49.8 Å². The number of hydrogen-bond donors (Lipinski definition) is 2. The smallest absolute Gasteiger partial charge is 0.153 e. The summed E-state index contributed by atoms with van der Waals surface area (Å²) in [4.78, 5) is 9.63. The monoisotopic (exact) mass is 450 g/mol. The van der Waals surface area contributed by atoms with Gasteiger partial charge in [-0.05, 0) is 68.7 Å². The number of fused-ring (bicyclic) bond motifs is 1. The summed E-state index contributed by atoms with van der Waals surface area (Å²) in [6, 6.07) is 16.0. The predicted molar refractivity (Wildman–Crippen MR) is 132 cm³/mol. The van der Waals surface area contributed by atoms with Crippen molar-refractivity contribution in [3.8, 4) is 17.1 Å². The number of pyridine rings is 1. The Kier molecular flexibility index (Phi) is 5.05. The summed E-state index contributed by atoms with van der Waals surface area (Å²) < 4.78 is 2.02. The molecule has 1 aliphatic rings. The van der Waals surface area contributed by atoms with Crippen LogP contribution in [0.4, 0.5) is 11.5 Å². The summed E-state index contributed by atoms with van der Waals surface area (Å²) in [6.07, 6.45) is 6.77. The largest absolute Gasteiger partial charge is 0.339 e. The normalized spacial score (nSPS) is 13.8. The molecule has 4 aromatic heterocycles. The van der Waals surface area contributed by atoms with Gasteiger partial charge in [0.2, 0.25) is 0 Å². The van der Waals surface area contributed by atoms with Crippen molar-refractivity contribution < 1.29 is 0 Å². The van der Waals surface area contributed by atoms with E-state index >= 15 is 0 Å². The Balaban J connectivity index is 1.31. The number of aryl methyl sites for hydroxylation is 2. The van der Waals surface area contributed by atoms with E-state index < -0.39 is 0 Å². The molecule has 6 rings (SSSR count). The molecule has 0 radical (unpaired) electrons. The van der Waals surface area contributed by atoms with Gasteiger partial charge >= 0.3 is 0 Å². The molecule has 5 aromatic rings. The van der Waals surface area contributed by atoms with E-state index in [-0.39, 0.29) is 0 Å². The SMILES string of the molecule is Cc1ccc(Nc2ccc3c(c2)ncn3-c2cccc(-c3c(CC4CCC4)n[nH]c3C)n2)nn1. The highest BCUT2D eigenvalue weighted by molar-refractivity contribution is 5.82. The molecule has 170 valence electrons. The lowest BCUT2D eigenvalue weighted by molar-refractivity contribution is 0.312. The standard InChI is InChI=1S/C26H26N8/c1-16-9-12-24(33-30-16)28-19-10-11-23-21(14-19)27-15-34(23)25-8-4-7-20(29-25)26-17(2)31-32-22(26)13-18-5-3-6-18/h4,7-12,14-15,18H,3,5-6,13H2,1-2H3,(H,28,33)(H,31,32). The number of nitrogens with zero attached hydrogens (tertiary/aromatic N) is 6. The lowest BCUT2D eigenvalue weighted by atomic mass is 9.81. The van der Waals surface area contributed by atoms with Crippen LogP contribution in [0.3, 0.4) is 0 Å². The second-order valence-corrected chi connectivity index (χ2v) is 9.06. The van der Waals surface area contributed by atoms with E-state index in [1.165, 1.54) is 19.3 Å². The van der Waals surface area contributed by atoms with Gasteiger partial charge in [0, 0.05) is 16.9 Å². The molecule has 8 heteroatoms. The minimum Gasteiger partial charge on any atom is -0.339 e. The Morgan fingerprint density at radius 2 is 1.97 bits per heavy atom. The van der Waals surface area contributed by atoms with Crippen molar-refractivity contribution in [1.29, 1.82) is 0 Å². The van der Waals surface area contributed by atoms with E-state index in [1.54, 1.807) is 0 Å². The number of anilines is 2. The molecule has 2 N–H and O–H groups in total. The number of hydrogen-bond acceptors (Lipinski definition) is 6. The average molecular weight is 451 g/mol. The predicted octanol–water partition coefficient (Wildman–Crippen LogP) is 5.30. The Labute approximate surface area is 197 Å². The molecule has 0 aliphatic heterocycles. The highest BCUT2D eigenvalue weighted by Gasteiger charge is 2.23. The van der Waals surface area contributed by atoms with E-state index in [1.807, 2.05) is 54.2 Å². The van der Waals surface area contributed by atoms with Gasteiger partial charge in [-0.1, -0.05) is 25.3 Å². The van der Waals surface area contributed by atoms with Crippen LogP contribution in [0.1, 0.15) is 36.3 Å². The maximum atomic E-state index is 5.01. The van der Waals surface area contributed by atoms with Gasteiger partial charge in [-0.2, -0.15) is 10.2 Å². The van der Waals surface area contributed by atoms with Crippen molar-refractivity contribution >= 4 is 22.5 Å². The Morgan fingerprint density at radius 1 is 1.06 bits per heavy atom. The van der Waals surface area contributed by atoms with Crippen LogP contribution in [-0.2, 0) is 6.42 Å². The molecular weight excluding hydrogens is 424 g/mol. The molecule has 0 unspecified atom stereocenters. The minimum atomic E-state index is 0.701. The number of aromatic nitrogens is 7. The fraction of sp³-hybridized carbons (Fsp3) is 0.269. The van der Waals surface area contributed by atoms with Crippen molar-refractivity contribution in [3.05, 3.63) is 71.9 Å². The lowest BCUT2D eigenvalue weighted by Gasteiger charge is -2.24.